The highest BCUT2D eigenvalue weighted by molar-refractivity contribution is 6.63. The van der Waals surface area contributed by atoms with Crippen LogP contribution in [-0.2, 0) is 0 Å². The number of rotatable bonds is 0. The Bertz CT molecular complexity index is 324. The van der Waals surface area contributed by atoms with Gasteiger partial charge in [0, 0.05) is 0 Å². The van der Waals surface area contributed by atoms with Crippen molar-refractivity contribution in [3.63, 3.8) is 0 Å². The van der Waals surface area contributed by atoms with Crippen molar-refractivity contribution < 1.29 is 0 Å². The summed E-state index contributed by atoms with van der Waals surface area (Å²) in [5.74, 6) is 2.17. The summed E-state index contributed by atoms with van der Waals surface area (Å²) in [6, 6.07) is 6.57. The largest absolute Gasteiger partial charge is 0.182 e. The van der Waals surface area contributed by atoms with Gasteiger partial charge in [0.05, 0.1) is 0 Å². The lowest BCUT2D eigenvalue weighted by Crippen LogP contribution is -2.10. The van der Waals surface area contributed by atoms with Crippen LogP contribution in [0, 0.1) is 6.92 Å². The van der Waals surface area contributed by atoms with E-state index in [1.54, 1.807) is 0 Å². The van der Waals surface area contributed by atoms with Crippen LogP contribution in [0.1, 0.15) is 18.1 Å². The fourth-order valence-electron chi connectivity index (χ4n) is 1.46. The minimum atomic E-state index is 1.34. The van der Waals surface area contributed by atoms with E-state index in [1.807, 2.05) is 0 Å². The summed E-state index contributed by atoms with van der Waals surface area (Å²) in [4.78, 5) is 0. The van der Waals surface area contributed by atoms with Gasteiger partial charge in [-0.25, -0.2) is 0 Å². The van der Waals surface area contributed by atoms with Crippen LogP contribution in [-0.4, -0.2) is 7.28 Å². The summed E-state index contributed by atoms with van der Waals surface area (Å²) < 4.78 is 0. The first-order valence-electron chi connectivity index (χ1n) is 3.90. The van der Waals surface area contributed by atoms with E-state index in [0.717, 1.165) is 0 Å². The zero-order valence-electron chi connectivity index (χ0n) is 6.89. The topological polar surface area (TPSA) is 0 Å². The second-order valence-electron chi connectivity index (χ2n) is 3.11. The molecule has 1 aliphatic heterocycles. The summed E-state index contributed by atoms with van der Waals surface area (Å²) in [6.07, 6.45) is 0. The summed E-state index contributed by atoms with van der Waals surface area (Å²) in [7, 11) is 2.17. The Balaban J connectivity index is 2.60. The normalized spacial score (nSPS) is 13.8. The van der Waals surface area contributed by atoms with Gasteiger partial charge in [-0.3, -0.25) is 0 Å². The van der Waals surface area contributed by atoms with Crippen molar-refractivity contribution >= 4 is 18.3 Å². The molecule has 0 nitrogen and oxygen atoms in total. The molecule has 0 saturated carbocycles. The molecule has 0 aliphatic carbocycles. The third-order valence-corrected chi connectivity index (χ3v) is 2.15. The third kappa shape index (κ3) is 1.01. The highest BCUT2D eigenvalue weighted by atomic mass is 14.1. The first-order chi connectivity index (χ1) is 5.27. The first kappa shape index (κ1) is 6.72. The van der Waals surface area contributed by atoms with Gasteiger partial charge in [0.15, 0.2) is 7.28 Å². The van der Waals surface area contributed by atoms with Gasteiger partial charge in [0.1, 0.15) is 0 Å². The van der Waals surface area contributed by atoms with Gasteiger partial charge >= 0.3 is 0 Å². The predicted octanol–water partition coefficient (Wildman–Crippen LogP) is 1.70. The van der Waals surface area contributed by atoms with E-state index < -0.39 is 0 Å². The lowest BCUT2D eigenvalue weighted by molar-refractivity contribution is 1.46. The fraction of sp³-hybridized carbons (Fsp3) is 0.200. The molecule has 1 aromatic rings. The van der Waals surface area contributed by atoms with Crippen molar-refractivity contribution in [2.24, 2.45) is 0 Å². The molecule has 0 amide bonds. The highest BCUT2D eigenvalue weighted by Crippen LogP contribution is 2.16. The molecule has 11 heavy (non-hydrogen) atoms. The Morgan fingerprint density at radius 1 is 1.18 bits per heavy atom. The Morgan fingerprint density at radius 2 is 2.00 bits per heavy atom. The molecule has 0 fully saturated rings. The summed E-state index contributed by atoms with van der Waals surface area (Å²) in [5, 5.41) is 0. The lowest BCUT2D eigenvalue weighted by atomic mass is 9.73. The highest BCUT2D eigenvalue weighted by Gasteiger charge is 2.09. The van der Waals surface area contributed by atoms with Crippen molar-refractivity contribution in [2.75, 3.05) is 0 Å². The quantitative estimate of drug-likeness (QED) is 0.482. The van der Waals surface area contributed by atoms with Gasteiger partial charge in [-0.05, 0) is 19.4 Å². The van der Waals surface area contributed by atoms with Crippen LogP contribution in [0.5, 0.6) is 0 Å². The van der Waals surface area contributed by atoms with E-state index in [-0.39, 0.29) is 0 Å². The van der Waals surface area contributed by atoms with Crippen LogP contribution < -0.4 is 5.46 Å². The Hall–Kier alpha value is -0.975. The molecule has 1 radical (unpaired) electrons. The van der Waals surface area contributed by atoms with Gasteiger partial charge in [-0.2, -0.15) is 0 Å². The van der Waals surface area contributed by atoms with Crippen molar-refractivity contribution in [3.05, 3.63) is 35.3 Å². The SMILES string of the molecule is CC1=C[B]c2ccc(C)cc21. The minimum absolute atomic E-state index is 1.34. The minimum Gasteiger partial charge on any atom is -0.113 e. The predicted molar refractivity (Wildman–Crippen MR) is 50.2 cm³/mol. The van der Waals surface area contributed by atoms with Crippen LogP contribution in [0.15, 0.2) is 24.2 Å². The van der Waals surface area contributed by atoms with Crippen molar-refractivity contribution in [1.82, 2.24) is 0 Å². The molecule has 0 atom stereocenters. The number of fused-ring (bicyclic) bond motifs is 1. The smallest absolute Gasteiger partial charge is 0.113 e. The molecule has 0 bridgehead atoms. The number of benzene rings is 1. The molecule has 0 unspecified atom stereocenters. The molecule has 0 spiro atoms. The molecular weight excluding hydrogens is 131 g/mol. The lowest BCUT2D eigenvalue weighted by Gasteiger charge is -2.01. The molecule has 0 aromatic heterocycles. The molecular formula is C10H10B. The van der Waals surface area contributed by atoms with Gasteiger partial charge in [0.2, 0.25) is 0 Å². The Labute approximate surface area is 68.2 Å². The van der Waals surface area contributed by atoms with E-state index in [9.17, 15) is 0 Å². The number of aryl methyl sites for hydroxylation is 1. The maximum absolute atomic E-state index is 2.24. The zero-order chi connectivity index (χ0) is 7.84. The van der Waals surface area contributed by atoms with Crippen LogP contribution in [0.3, 0.4) is 0 Å². The summed E-state index contributed by atoms with van der Waals surface area (Å²) in [6.45, 7) is 4.29. The van der Waals surface area contributed by atoms with Crippen LogP contribution >= 0.6 is 0 Å². The van der Waals surface area contributed by atoms with Crippen molar-refractivity contribution in [1.29, 1.82) is 0 Å². The second-order valence-corrected chi connectivity index (χ2v) is 3.11. The van der Waals surface area contributed by atoms with Crippen molar-refractivity contribution in [3.8, 4) is 0 Å². The maximum Gasteiger partial charge on any atom is 0.182 e. The van der Waals surface area contributed by atoms with Gasteiger partial charge in [-0.15, -0.1) is 5.98 Å². The van der Waals surface area contributed by atoms with E-state index >= 15 is 0 Å². The van der Waals surface area contributed by atoms with Crippen LogP contribution in [0.4, 0.5) is 0 Å². The molecule has 1 aromatic carbocycles. The number of allylic oxidation sites excluding steroid dienone is 1. The first-order valence-corrected chi connectivity index (χ1v) is 3.90. The Kier molecular flexibility index (Phi) is 1.38. The van der Waals surface area contributed by atoms with E-state index in [0.29, 0.717) is 0 Å². The Morgan fingerprint density at radius 3 is 2.82 bits per heavy atom. The fourth-order valence-corrected chi connectivity index (χ4v) is 1.46. The van der Waals surface area contributed by atoms with E-state index in [4.69, 9.17) is 0 Å². The monoisotopic (exact) mass is 141 g/mol. The molecule has 53 valence electrons. The molecule has 2 rings (SSSR count). The van der Waals surface area contributed by atoms with E-state index in [1.165, 1.54) is 22.2 Å². The molecule has 0 N–H and O–H groups in total. The van der Waals surface area contributed by atoms with Gasteiger partial charge in [0.25, 0.3) is 0 Å². The standard InChI is InChI=1S/C10H10B/c1-7-3-4-10-9(5-7)8(2)6-11-10/h3-6H,1-2H3. The molecule has 0 saturated heterocycles. The summed E-state index contributed by atoms with van der Waals surface area (Å²) in [5.41, 5.74) is 5.47. The second kappa shape index (κ2) is 2.26. The average Bonchev–Trinajstić information content (AvgIpc) is 2.33. The van der Waals surface area contributed by atoms with Gasteiger partial charge in [-0.1, -0.05) is 34.8 Å². The van der Waals surface area contributed by atoms with Crippen molar-refractivity contribution in [2.45, 2.75) is 13.8 Å². The number of hydrogen-bond acceptors (Lipinski definition) is 0. The molecule has 1 aliphatic rings. The maximum atomic E-state index is 2.24. The van der Waals surface area contributed by atoms with Crippen LogP contribution in [0.25, 0.3) is 5.57 Å². The zero-order valence-corrected chi connectivity index (χ0v) is 6.89. The average molecular weight is 141 g/mol. The molecule has 1 heteroatoms. The third-order valence-electron chi connectivity index (χ3n) is 2.15. The molecule has 1 heterocycles. The summed E-state index contributed by atoms with van der Waals surface area (Å²) >= 11 is 0. The number of hydrogen-bond donors (Lipinski definition) is 0. The van der Waals surface area contributed by atoms with Crippen LogP contribution in [0.2, 0.25) is 0 Å². The van der Waals surface area contributed by atoms with Gasteiger partial charge < -0.3 is 0 Å². The van der Waals surface area contributed by atoms with E-state index in [2.05, 4.69) is 45.3 Å².